The van der Waals surface area contributed by atoms with Crippen LogP contribution < -0.4 is 11.4 Å². The van der Waals surface area contributed by atoms with Crippen LogP contribution in [0.1, 0.15) is 42.9 Å². The van der Waals surface area contributed by atoms with Crippen LogP contribution in [0.25, 0.3) is 21.9 Å². The van der Waals surface area contributed by atoms with Gasteiger partial charge >= 0.3 is 18.0 Å². The third kappa shape index (κ3) is 7.30. The lowest BCUT2D eigenvalue weighted by Gasteiger charge is -2.42. The first-order chi connectivity index (χ1) is 24.9. The maximum Gasteiger partial charge on any atom is 0.418 e. The summed E-state index contributed by atoms with van der Waals surface area (Å²) in [5.41, 5.74) is 5.88. The Morgan fingerprint density at radius 2 is 1.65 bits per heavy atom. The number of imidazole rings is 1. The molecule has 52 heavy (non-hydrogen) atoms. The zero-order chi connectivity index (χ0) is 36.7. The van der Waals surface area contributed by atoms with Gasteiger partial charge < -0.3 is 30.2 Å². The molecule has 1 atom stereocenters. The van der Waals surface area contributed by atoms with Crippen LogP contribution in [0.3, 0.4) is 0 Å². The first-order valence-electron chi connectivity index (χ1n) is 17.7. The zero-order valence-electron chi connectivity index (χ0n) is 28.9. The molecule has 0 spiro atoms. The van der Waals surface area contributed by atoms with E-state index in [-0.39, 0.29) is 41.8 Å². The fourth-order valence-electron chi connectivity index (χ4n) is 7.88. The maximum absolute atomic E-state index is 14.0. The number of piperazine rings is 1. The van der Waals surface area contributed by atoms with Crippen molar-refractivity contribution in [1.29, 1.82) is 0 Å². The van der Waals surface area contributed by atoms with Crippen molar-refractivity contribution in [2.75, 3.05) is 65.1 Å². The van der Waals surface area contributed by atoms with Crippen LogP contribution in [0.2, 0.25) is 5.02 Å². The summed E-state index contributed by atoms with van der Waals surface area (Å²) >= 11 is 6.12. The van der Waals surface area contributed by atoms with E-state index in [4.69, 9.17) is 22.1 Å². The lowest BCUT2D eigenvalue weighted by molar-refractivity contribution is -0.143. The van der Waals surface area contributed by atoms with E-state index in [1.165, 1.54) is 11.0 Å². The third-order valence-electron chi connectivity index (χ3n) is 10.8. The molecule has 2 amide bonds. The zero-order valence-corrected chi connectivity index (χ0v) is 29.6. The highest BCUT2D eigenvalue weighted by Crippen LogP contribution is 2.38. The highest BCUT2D eigenvalue weighted by atomic mass is 35.5. The standard InChI is InChI=1S/C36H42ClF3N8O4/c1-44-10-6-23(7-11-44)45-14-16-46(17-15-45)33(49)30(20-22-18-26(36(38,39)40)31(41)27(37)19-22)52-35(51)47-12-8-24(9-13-47)48-29-21-42-28-5-3-2-4-25(28)32(29)43-34(48)50/h2-5,18-19,21,23-24,30H,6-17,20,41H2,1H3,(H,43,50)/t30-/m1/s1. The summed E-state index contributed by atoms with van der Waals surface area (Å²) in [5, 5.41) is 0.535. The first-order valence-corrected chi connectivity index (χ1v) is 18.0. The van der Waals surface area contributed by atoms with Crippen molar-refractivity contribution in [3.63, 3.8) is 0 Å². The largest absolute Gasteiger partial charge is 0.436 e. The molecule has 0 saturated carbocycles. The number of likely N-dealkylation sites (tertiary alicyclic amines) is 2. The van der Waals surface area contributed by atoms with Gasteiger partial charge in [0.25, 0.3) is 5.91 Å². The van der Waals surface area contributed by atoms with Crippen molar-refractivity contribution in [1.82, 2.24) is 34.1 Å². The molecule has 3 N–H and O–H groups in total. The molecule has 0 bridgehead atoms. The average molecular weight is 743 g/mol. The number of carbonyl (C=O) groups is 2. The fraction of sp³-hybridized carbons (Fsp3) is 0.500. The summed E-state index contributed by atoms with van der Waals surface area (Å²) in [6, 6.07) is 9.89. The van der Waals surface area contributed by atoms with Crippen LogP contribution in [0.4, 0.5) is 23.7 Å². The second-order valence-electron chi connectivity index (χ2n) is 14.1. The van der Waals surface area contributed by atoms with E-state index >= 15 is 0 Å². The number of alkyl halides is 3. The number of rotatable bonds is 6. The minimum Gasteiger partial charge on any atom is -0.436 e. The van der Waals surface area contributed by atoms with Gasteiger partial charge in [0.15, 0.2) is 6.10 Å². The van der Waals surface area contributed by atoms with Crippen LogP contribution >= 0.6 is 11.6 Å². The number of nitrogens with one attached hydrogen (secondary N) is 1. The van der Waals surface area contributed by atoms with E-state index in [1.54, 1.807) is 15.7 Å². The Labute approximate surface area is 303 Å². The summed E-state index contributed by atoms with van der Waals surface area (Å²) in [7, 11) is 2.10. The molecule has 12 nitrogen and oxygen atoms in total. The Balaban J connectivity index is 1.06. The molecule has 3 fully saturated rings. The van der Waals surface area contributed by atoms with Crippen molar-refractivity contribution in [2.24, 2.45) is 0 Å². The predicted molar refractivity (Wildman–Crippen MR) is 191 cm³/mol. The molecule has 3 saturated heterocycles. The number of H-pyrrole nitrogens is 1. The van der Waals surface area contributed by atoms with Crippen molar-refractivity contribution in [3.8, 4) is 0 Å². The smallest absolute Gasteiger partial charge is 0.418 e. The number of hydrogen-bond acceptors (Lipinski definition) is 8. The van der Waals surface area contributed by atoms with Crippen LogP contribution in [0, 0.1) is 0 Å². The van der Waals surface area contributed by atoms with E-state index in [2.05, 4.69) is 26.8 Å². The van der Waals surface area contributed by atoms with Crippen LogP contribution in [0.5, 0.6) is 0 Å². The van der Waals surface area contributed by atoms with Crippen LogP contribution in [-0.2, 0) is 22.1 Å². The van der Waals surface area contributed by atoms with Gasteiger partial charge in [0.2, 0.25) is 0 Å². The Morgan fingerprint density at radius 1 is 0.981 bits per heavy atom. The Morgan fingerprint density at radius 3 is 2.35 bits per heavy atom. The summed E-state index contributed by atoms with van der Waals surface area (Å²) in [6.07, 6.45) is -2.59. The number of nitrogen functional groups attached to an aromatic ring is 1. The monoisotopic (exact) mass is 742 g/mol. The molecule has 5 heterocycles. The number of aromatic nitrogens is 3. The summed E-state index contributed by atoms with van der Waals surface area (Å²) in [5.74, 6) is -0.474. The number of nitrogens with two attached hydrogens (primary N) is 1. The number of amides is 2. The predicted octanol–water partition coefficient (Wildman–Crippen LogP) is 4.76. The van der Waals surface area contributed by atoms with Crippen molar-refractivity contribution in [3.05, 3.63) is 69.2 Å². The number of ether oxygens (including phenoxy) is 1. The second kappa shape index (κ2) is 14.6. The highest BCUT2D eigenvalue weighted by molar-refractivity contribution is 6.33. The molecule has 3 aliphatic rings. The minimum atomic E-state index is -4.77. The number of fused-ring (bicyclic) bond motifs is 3. The topological polar surface area (TPSA) is 133 Å². The molecular weight excluding hydrogens is 701 g/mol. The van der Waals surface area contributed by atoms with Gasteiger partial charge in [-0.2, -0.15) is 13.2 Å². The van der Waals surface area contributed by atoms with E-state index in [0.29, 0.717) is 56.1 Å². The van der Waals surface area contributed by atoms with Crippen LogP contribution in [0.15, 0.2) is 47.4 Å². The molecule has 2 aromatic carbocycles. The number of anilines is 1. The number of carbonyl (C=O) groups excluding carboxylic acids is 2. The number of pyridine rings is 1. The molecule has 278 valence electrons. The molecular formula is C36H42ClF3N8O4. The van der Waals surface area contributed by atoms with Gasteiger partial charge in [0, 0.05) is 63.2 Å². The molecule has 0 aliphatic carbocycles. The molecule has 0 radical (unpaired) electrons. The van der Waals surface area contributed by atoms with E-state index in [0.717, 1.165) is 42.9 Å². The molecule has 4 aromatic rings. The number of para-hydroxylation sites is 1. The summed E-state index contributed by atoms with van der Waals surface area (Å²) in [6.45, 7) is 4.62. The SMILES string of the molecule is CN1CCC(N2CCN(C(=O)[C@@H](Cc3cc(Cl)c(N)c(C(F)(F)F)c3)OC(=O)N3CCC(n4c(=O)[nH]c5c6ccccc6ncc54)CC3)CC2)CC1. The number of hydrogen-bond donors (Lipinski definition) is 2. The Bertz CT molecular complexity index is 2010. The van der Waals surface area contributed by atoms with E-state index in [9.17, 15) is 27.6 Å². The van der Waals surface area contributed by atoms with Crippen molar-refractivity contribution >= 4 is 51.2 Å². The number of piperidine rings is 2. The second-order valence-corrected chi connectivity index (χ2v) is 14.5. The van der Waals surface area contributed by atoms with Gasteiger partial charge in [-0.3, -0.25) is 19.2 Å². The number of aromatic amines is 1. The lowest BCUT2D eigenvalue weighted by atomic mass is 10.0. The molecule has 3 aliphatic heterocycles. The fourth-order valence-corrected chi connectivity index (χ4v) is 8.12. The summed E-state index contributed by atoms with van der Waals surface area (Å²) < 4.78 is 49.0. The maximum atomic E-state index is 14.0. The van der Waals surface area contributed by atoms with Crippen molar-refractivity contribution in [2.45, 2.75) is 56.5 Å². The number of nitrogens with zero attached hydrogens (tertiary/aromatic N) is 6. The molecule has 7 rings (SSSR count). The quantitative estimate of drug-likeness (QED) is 0.271. The van der Waals surface area contributed by atoms with Crippen molar-refractivity contribution < 1.29 is 27.5 Å². The highest BCUT2D eigenvalue weighted by Gasteiger charge is 2.38. The first kappa shape index (κ1) is 36.0. The molecule has 16 heteroatoms. The normalized spacial score (nSPS) is 19.4. The van der Waals surface area contributed by atoms with Gasteiger partial charge in [0.1, 0.15) is 0 Å². The lowest BCUT2D eigenvalue weighted by Crippen LogP contribution is -2.56. The van der Waals surface area contributed by atoms with Gasteiger partial charge in [-0.25, -0.2) is 9.59 Å². The van der Waals surface area contributed by atoms with Gasteiger partial charge in [0.05, 0.1) is 39.0 Å². The number of halogens is 4. The molecule has 2 aromatic heterocycles. The minimum absolute atomic E-state index is 0.0705. The van der Waals surface area contributed by atoms with E-state index in [1.807, 2.05) is 24.3 Å². The number of benzene rings is 2. The molecule has 0 unspecified atom stereocenters. The van der Waals surface area contributed by atoms with E-state index < -0.39 is 35.5 Å². The third-order valence-corrected chi connectivity index (χ3v) is 11.1. The summed E-state index contributed by atoms with van der Waals surface area (Å²) in [4.78, 5) is 56.1. The Kier molecular flexibility index (Phi) is 10.1. The van der Waals surface area contributed by atoms with Gasteiger partial charge in [-0.15, -0.1) is 0 Å². The Hall–Kier alpha value is -4.34. The van der Waals surface area contributed by atoms with Gasteiger partial charge in [-0.05, 0) is 69.6 Å². The van der Waals surface area contributed by atoms with Gasteiger partial charge in [-0.1, -0.05) is 29.8 Å². The van der Waals surface area contributed by atoms with Crippen LogP contribution in [-0.4, -0.2) is 118 Å². The average Bonchev–Trinajstić information content (AvgIpc) is 3.48.